The number of sulfonamides is 1. The molecule has 0 aliphatic carbocycles. The minimum absolute atomic E-state index is 0.0657. The molecule has 7 heteroatoms. The van der Waals surface area contributed by atoms with Gasteiger partial charge in [0.15, 0.2) is 0 Å². The number of benzene rings is 3. The summed E-state index contributed by atoms with van der Waals surface area (Å²) in [5.41, 5.74) is 1.31. The van der Waals surface area contributed by atoms with Crippen LogP contribution in [0.25, 0.3) is 10.8 Å². The standard InChI is InChI=1S/C24H26N2O4S/c1-17(22-13-5-8-18-7-2-3-12-23(18)22)26-24(27)19-9-4-11-21(15-19)31(28,29)25-16-20-10-6-14-30-20/h2-5,7-9,11-13,15,17,20,25H,6,10,14,16H2,1H3,(H,26,27)/t17-,20+/m0/s1. The summed E-state index contributed by atoms with van der Waals surface area (Å²) in [5, 5.41) is 5.17. The van der Waals surface area contributed by atoms with Crippen molar-refractivity contribution in [1.82, 2.24) is 10.0 Å². The van der Waals surface area contributed by atoms with Crippen molar-refractivity contribution in [2.24, 2.45) is 0 Å². The van der Waals surface area contributed by atoms with Crippen molar-refractivity contribution < 1.29 is 17.9 Å². The van der Waals surface area contributed by atoms with Crippen LogP contribution in [0.1, 0.15) is 41.7 Å². The zero-order valence-corrected chi connectivity index (χ0v) is 18.2. The largest absolute Gasteiger partial charge is 0.377 e. The van der Waals surface area contributed by atoms with E-state index in [2.05, 4.69) is 10.0 Å². The summed E-state index contributed by atoms with van der Waals surface area (Å²) in [6, 6.07) is 19.9. The van der Waals surface area contributed by atoms with E-state index in [4.69, 9.17) is 4.74 Å². The smallest absolute Gasteiger partial charge is 0.251 e. The summed E-state index contributed by atoms with van der Waals surface area (Å²) in [7, 11) is -3.72. The number of ether oxygens (including phenoxy) is 1. The van der Waals surface area contributed by atoms with Crippen LogP contribution in [0.3, 0.4) is 0 Å². The normalized spacial score (nSPS) is 17.5. The van der Waals surface area contributed by atoms with Crippen molar-refractivity contribution in [2.75, 3.05) is 13.2 Å². The molecule has 1 heterocycles. The van der Waals surface area contributed by atoms with Crippen molar-refractivity contribution in [2.45, 2.75) is 36.8 Å². The van der Waals surface area contributed by atoms with Gasteiger partial charge in [-0.1, -0.05) is 48.5 Å². The molecule has 0 bridgehead atoms. The minimum atomic E-state index is -3.72. The maximum atomic E-state index is 12.9. The van der Waals surface area contributed by atoms with Crippen LogP contribution in [0.15, 0.2) is 71.6 Å². The van der Waals surface area contributed by atoms with Gasteiger partial charge in [-0.15, -0.1) is 0 Å². The number of amides is 1. The third kappa shape index (κ3) is 4.95. The van der Waals surface area contributed by atoms with E-state index in [0.717, 1.165) is 29.2 Å². The number of nitrogens with one attached hydrogen (secondary N) is 2. The molecule has 6 nitrogen and oxygen atoms in total. The molecule has 162 valence electrons. The molecule has 0 radical (unpaired) electrons. The van der Waals surface area contributed by atoms with Crippen LogP contribution in [-0.4, -0.2) is 33.6 Å². The van der Waals surface area contributed by atoms with Crippen molar-refractivity contribution in [3.05, 3.63) is 77.9 Å². The van der Waals surface area contributed by atoms with Crippen molar-refractivity contribution in [3.8, 4) is 0 Å². The van der Waals surface area contributed by atoms with Gasteiger partial charge in [0, 0.05) is 18.7 Å². The molecule has 1 aliphatic heterocycles. The highest BCUT2D eigenvalue weighted by Crippen LogP contribution is 2.24. The summed E-state index contributed by atoms with van der Waals surface area (Å²) in [6.45, 7) is 2.82. The lowest BCUT2D eigenvalue weighted by Gasteiger charge is -2.17. The quantitative estimate of drug-likeness (QED) is 0.588. The van der Waals surface area contributed by atoms with Gasteiger partial charge in [0.05, 0.1) is 17.0 Å². The first kappa shape index (κ1) is 21.5. The lowest BCUT2D eigenvalue weighted by molar-refractivity contribution is 0.0940. The second-order valence-electron chi connectivity index (χ2n) is 7.78. The lowest BCUT2D eigenvalue weighted by Crippen LogP contribution is -2.32. The zero-order chi connectivity index (χ0) is 21.8. The van der Waals surface area contributed by atoms with E-state index in [0.29, 0.717) is 12.2 Å². The Morgan fingerprint density at radius 3 is 2.68 bits per heavy atom. The summed E-state index contributed by atoms with van der Waals surface area (Å²) in [6.07, 6.45) is 1.69. The predicted molar refractivity (Wildman–Crippen MR) is 120 cm³/mol. The Bertz CT molecular complexity index is 1180. The number of carbonyl (C=O) groups is 1. The van der Waals surface area contributed by atoms with Gasteiger partial charge in [-0.25, -0.2) is 13.1 Å². The van der Waals surface area contributed by atoms with Crippen molar-refractivity contribution in [3.63, 3.8) is 0 Å². The van der Waals surface area contributed by atoms with E-state index < -0.39 is 10.0 Å². The number of rotatable bonds is 7. The molecule has 0 unspecified atom stereocenters. The summed E-state index contributed by atoms with van der Waals surface area (Å²) >= 11 is 0. The fourth-order valence-electron chi connectivity index (χ4n) is 3.88. The molecule has 1 fully saturated rings. The highest BCUT2D eigenvalue weighted by Gasteiger charge is 2.21. The van der Waals surface area contributed by atoms with Gasteiger partial charge >= 0.3 is 0 Å². The molecule has 0 spiro atoms. The van der Waals surface area contributed by atoms with E-state index in [1.54, 1.807) is 12.1 Å². The zero-order valence-electron chi connectivity index (χ0n) is 17.4. The first-order chi connectivity index (χ1) is 14.9. The predicted octanol–water partition coefficient (Wildman–Crippen LogP) is 3.79. The second kappa shape index (κ2) is 9.18. The molecule has 4 rings (SSSR count). The summed E-state index contributed by atoms with van der Waals surface area (Å²) < 4.78 is 33.4. The average Bonchev–Trinajstić information content (AvgIpc) is 3.31. The first-order valence-electron chi connectivity index (χ1n) is 10.4. The van der Waals surface area contributed by atoms with Crippen molar-refractivity contribution in [1.29, 1.82) is 0 Å². The molecule has 2 atom stereocenters. The van der Waals surface area contributed by atoms with Crippen LogP contribution in [0.2, 0.25) is 0 Å². The molecule has 1 amide bonds. The molecule has 3 aromatic rings. The van der Waals surface area contributed by atoms with Crippen LogP contribution in [0, 0.1) is 0 Å². The van der Waals surface area contributed by atoms with Gasteiger partial charge in [-0.3, -0.25) is 4.79 Å². The molecule has 2 N–H and O–H groups in total. The Morgan fingerprint density at radius 2 is 1.87 bits per heavy atom. The van der Waals surface area contributed by atoms with Crippen LogP contribution >= 0.6 is 0 Å². The van der Waals surface area contributed by atoms with Gasteiger partial charge in [-0.05, 0) is 54.3 Å². The van der Waals surface area contributed by atoms with Gasteiger partial charge in [-0.2, -0.15) is 0 Å². The Labute approximate surface area is 182 Å². The molecule has 1 aliphatic rings. The molecular formula is C24H26N2O4S. The van der Waals surface area contributed by atoms with Crippen LogP contribution in [0.4, 0.5) is 0 Å². The topological polar surface area (TPSA) is 84.5 Å². The first-order valence-corrected chi connectivity index (χ1v) is 11.9. The number of hydrogen-bond acceptors (Lipinski definition) is 4. The maximum Gasteiger partial charge on any atom is 0.251 e. The van der Waals surface area contributed by atoms with Crippen molar-refractivity contribution >= 4 is 26.7 Å². The van der Waals surface area contributed by atoms with Crippen LogP contribution in [0.5, 0.6) is 0 Å². The fraction of sp³-hybridized carbons (Fsp3) is 0.292. The molecule has 0 aromatic heterocycles. The van der Waals surface area contributed by atoms with Gasteiger partial charge < -0.3 is 10.1 Å². The Kier molecular flexibility index (Phi) is 6.36. The van der Waals surface area contributed by atoms with Gasteiger partial charge in [0.1, 0.15) is 0 Å². The maximum absolute atomic E-state index is 12.9. The van der Waals surface area contributed by atoms with Gasteiger partial charge in [0.2, 0.25) is 10.0 Å². The molecule has 1 saturated heterocycles. The Morgan fingerprint density at radius 1 is 1.10 bits per heavy atom. The molecule has 3 aromatic carbocycles. The Hall–Kier alpha value is -2.74. The molecule has 31 heavy (non-hydrogen) atoms. The highest BCUT2D eigenvalue weighted by molar-refractivity contribution is 7.89. The summed E-state index contributed by atoms with van der Waals surface area (Å²) in [4.78, 5) is 12.9. The molecular weight excluding hydrogens is 412 g/mol. The minimum Gasteiger partial charge on any atom is -0.377 e. The second-order valence-corrected chi connectivity index (χ2v) is 9.55. The fourth-order valence-corrected chi connectivity index (χ4v) is 4.99. The van der Waals surface area contributed by atoms with E-state index in [1.807, 2.05) is 49.4 Å². The van der Waals surface area contributed by atoms with Crippen LogP contribution in [-0.2, 0) is 14.8 Å². The third-order valence-corrected chi connectivity index (χ3v) is 6.99. The van der Waals surface area contributed by atoms with Gasteiger partial charge in [0.25, 0.3) is 5.91 Å². The Balaban J connectivity index is 1.48. The monoisotopic (exact) mass is 438 g/mol. The van der Waals surface area contributed by atoms with E-state index in [-0.39, 0.29) is 29.5 Å². The number of fused-ring (bicyclic) bond motifs is 1. The van der Waals surface area contributed by atoms with E-state index in [1.165, 1.54) is 12.1 Å². The SMILES string of the molecule is C[C@H](NC(=O)c1cccc(S(=O)(=O)NC[C@H]2CCCO2)c1)c1cccc2ccccc12. The number of carbonyl (C=O) groups excluding carboxylic acids is 1. The third-order valence-electron chi connectivity index (χ3n) is 5.57. The summed E-state index contributed by atoms with van der Waals surface area (Å²) in [5.74, 6) is -0.323. The van der Waals surface area contributed by atoms with E-state index in [9.17, 15) is 13.2 Å². The lowest BCUT2D eigenvalue weighted by atomic mass is 9.99. The van der Waals surface area contributed by atoms with E-state index >= 15 is 0 Å². The molecule has 0 saturated carbocycles. The number of hydrogen-bond donors (Lipinski definition) is 2. The highest BCUT2D eigenvalue weighted by atomic mass is 32.2. The van der Waals surface area contributed by atoms with Crippen LogP contribution < -0.4 is 10.0 Å². The average molecular weight is 439 g/mol.